The first-order valence-corrected chi connectivity index (χ1v) is 8.58. The van der Waals surface area contributed by atoms with Crippen LogP contribution in [0.1, 0.15) is 30.0 Å². The zero-order valence-corrected chi connectivity index (χ0v) is 13.7. The molecule has 2 aliphatic heterocycles. The van der Waals surface area contributed by atoms with Gasteiger partial charge in [0.1, 0.15) is 5.60 Å². The molecule has 0 unspecified atom stereocenters. The monoisotopic (exact) mass is 322 g/mol. The van der Waals surface area contributed by atoms with Crippen molar-refractivity contribution < 1.29 is 9.53 Å². The maximum absolute atomic E-state index is 12.7. The molecule has 2 heterocycles. The van der Waals surface area contributed by atoms with E-state index in [0.29, 0.717) is 6.54 Å². The molecule has 0 saturated carbocycles. The molecule has 2 saturated heterocycles. The van der Waals surface area contributed by atoms with Gasteiger partial charge in [-0.2, -0.15) is 0 Å². The molecule has 0 aliphatic carbocycles. The quantitative estimate of drug-likeness (QED) is 0.942. The molecule has 2 aromatic rings. The second-order valence-corrected chi connectivity index (χ2v) is 6.65. The van der Waals surface area contributed by atoms with Crippen molar-refractivity contribution in [3.8, 4) is 0 Å². The van der Waals surface area contributed by atoms with Gasteiger partial charge in [0.25, 0.3) is 0 Å². The third-order valence-corrected chi connectivity index (χ3v) is 5.05. The van der Waals surface area contributed by atoms with Crippen molar-refractivity contribution in [3.63, 3.8) is 0 Å². The molecule has 2 aromatic carbocycles. The summed E-state index contributed by atoms with van der Waals surface area (Å²) in [5.74, 6) is 0. The molecule has 0 bridgehead atoms. The Balaban J connectivity index is 1.70. The highest BCUT2D eigenvalue weighted by Gasteiger charge is 2.48. The van der Waals surface area contributed by atoms with Gasteiger partial charge in [0.05, 0.1) is 12.6 Å². The van der Waals surface area contributed by atoms with E-state index in [2.05, 4.69) is 29.6 Å². The fraction of sp³-hybridized carbons (Fsp3) is 0.350. The summed E-state index contributed by atoms with van der Waals surface area (Å²) in [5.41, 5.74) is 1.91. The zero-order valence-electron chi connectivity index (χ0n) is 13.7. The van der Waals surface area contributed by atoms with E-state index in [1.165, 1.54) is 0 Å². The maximum Gasteiger partial charge on any atom is 0.411 e. The Bertz CT molecular complexity index is 657. The average molecular weight is 322 g/mol. The number of ether oxygens (including phenoxy) is 1. The number of hydrogen-bond donors (Lipinski definition) is 1. The Hall–Kier alpha value is -2.33. The van der Waals surface area contributed by atoms with E-state index >= 15 is 0 Å². The highest BCUT2D eigenvalue weighted by atomic mass is 16.6. The van der Waals surface area contributed by atoms with Crippen LogP contribution in [0.3, 0.4) is 0 Å². The van der Waals surface area contributed by atoms with E-state index in [4.69, 9.17) is 4.74 Å². The topological polar surface area (TPSA) is 41.6 Å². The van der Waals surface area contributed by atoms with E-state index in [-0.39, 0.29) is 17.7 Å². The van der Waals surface area contributed by atoms with E-state index in [1.54, 1.807) is 0 Å². The fourth-order valence-corrected chi connectivity index (χ4v) is 3.81. The van der Waals surface area contributed by atoms with Crippen molar-refractivity contribution in [2.75, 3.05) is 19.6 Å². The Labute approximate surface area is 142 Å². The maximum atomic E-state index is 12.7. The van der Waals surface area contributed by atoms with Crippen LogP contribution in [0.2, 0.25) is 0 Å². The van der Waals surface area contributed by atoms with E-state index in [0.717, 1.165) is 37.1 Å². The van der Waals surface area contributed by atoms with E-state index in [1.807, 2.05) is 41.3 Å². The van der Waals surface area contributed by atoms with Crippen LogP contribution in [-0.2, 0) is 4.74 Å². The van der Waals surface area contributed by atoms with Crippen molar-refractivity contribution in [1.29, 1.82) is 0 Å². The van der Waals surface area contributed by atoms with Crippen molar-refractivity contribution in [2.24, 2.45) is 0 Å². The van der Waals surface area contributed by atoms with Crippen LogP contribution in [-0.4, -0.2) is 36.2 Å². The number of amides is 1. The number of piperidine rings is 1. The molecule has 124 valence electrons. The van der Waals surface area contributed by atoms with Crippen molar-refractivity contribution in [2.45, 2.75) is 24.5 Å². The SMILES string of the molecule is O=C1OC2(CCNCC2)CN1C(c1ccccc1)c1ccccc1. The summed E-state index contributed by atoms with van der Waals surface area (Å²) in [4.78, 5) is 14.6. The summed E-state index contributed by atoms with van der Waals surface area (Å²) in [6, 6.07) is 20.3. The lowest BCUT2D eigenvalue weighted by Crippen LogP contribution is -2.45. The third kappa shape index (κ3) is 2.78. The second-order valence-electron chi connectivity index (χ2n) is 6.65. The number of nitrogens with one attached hydrogen (secondary N) is 1. The minimum atomic E-state index is -0.329. The van der Waals surface area contributed by atoms with Gasteiger partial charge in [-0.3, -0.25) is 4.90 Å². The molecular formula is C20H22N2O2. The van der Waals surface area contributed by atoms with Gasteiger partial charge in [0.2, 0.25) is 0 Å². The standard InChI is InChI=1S/C20H22N2O2/c23-19-22(15-20(24-19)11-13-21-14-12-20)18(16-7-3-1-4-8-16)17-9-5-2-6-10-17/h1-10,18,21H,11-15H2. The minimum Gasteiger partial charge on any atom is -0.441 e. The lowest BCUT2D eigenvalue weighted by atomic mass is 9.91. The fourth-order valence-electron chi connectivity index (χ4n) is 3.81. The lowest BCUT2D eigenvalue weighted by Gasteiger charge is -2.32. The zero-order chi connectivity index (χ0) is 16.4. The molecule has 1 N–H and O–H groups in total. The van der Waals surface area contributed by atoms with Crippen LogP contribution < -0.4 is 5.32 Å². The molecule has 24 heavy (non-hydrogen) atoms. The first-order valence-electron chi connectivity index (χ1n) is 8.58. The smallest absolute Gasteiger partial charge is 0.411 e. The summed E-state index contributed by atoms with van der Waals surface area (Å²) in [7, 11) is 0. The van der Waals surface area contributed by atoms with Gasteiger partial charge in [0.15, 0.2) is 0 Å². The van der Waals surface area contributed by atoms with E-state index in [9.17, 15) is 4.79 Å². The van der Waals surface area contributed by atoms with Crippen LogP contribution in [0.15, 0.2) is 60.7 Å². The highest BCUT2D eigenvalue weighted by Crippen LogP contribution is 2.38. The van der Waals surface area contributed by atoms with Crippen LogP contribution in [0.25, 0.3) is 0 Å². The van der Waals surface area contributed by atoms with Gasteiger partial charge in [-0.15, -0.1) is 0 Å². The highest BCUT2D eigenvalue weighted by molar-refractivity contribution is 5.72. The third-order valence-electron chi connectivity index (χ3n) is 5.05. The average Bonchev–Trinajstić information content (AvgIpc) is 2.93. The summed E-state index contributed by atoms with van der Waals surface area (Å²) in [5, 5.41) is 3.35. The number of hydrogen-bond acceptors (Lipinski definition) is 3. The van der Waals surface area contributed by atoms with Crippen LogP contribution in [0.4, 0.5) is 4.79 Å². The van der Waals surface area contributed by atoms with E-state index < -0.39 is 0 Å². The summed E-state index contributed by atoms with van der Waals surface area (Å²) < 4.78 is 5.87. The predicted octanol–water partition coefficient (Wildman–Crippen LogP) is 3.35. The lowest BCUT2D eigenvalue weighted by molar-refractivity contribution is 0.0316. The molecule has 4 rings (SSSR count). The van der Waals surface area contributed by atoms with Crippen LogP contribution in [0.5, 0.6) is 0 Å². The summed E-state index contributed by atoms with van der Waals surface area (Å²) >= 11 is 0. The van der Waals surface area contributed by atoms with Gasteiger partial charge >= 0.3 is 6.09 Å². The summed E-state index contributed by atoms with van der Waals surface area (Å²) in [6.07, 6.45) is 1.56. The Morgan fingerprint density at radius 3 is 2.00 bits per heavy atom. The van der Waals surface area contributed by atoms with Gasteiger partial charge in [-0.1, -0.05) is 60.7 Å². The van der Waals surface area contributed by atoms with Crippen molar-refractivity contribution >= 4 is 6.09 Å². The van der Waals surface area contributed by atoms with Crippen LogP contribution in [0, 0.1) is 0 Å². The van der Waals surface area contributed by atoms with Crippen molar-refractivity contribution in [3.05, 3.63) is 71.8 Å². The Kier molecular flexibility index (Phi) is 3.98. The second kappa shape index (κ2) is 6.29. The Morgan fingerprint density at radius 1 is 0.917 bits per heavy atom. The van der Waals surface area contributed by atoms with Gasteiger partial charge in [0, 0.05) is 12.8 Å². The molecule has 1 spiro atoms. The number of carbonyl (C=O) groups is 1. The number of benzene rings is 2. The summed E-state index contributed by atoms with van der Waals surface area (Å²) in [6.45, 7) is 2.47. The predicted molar refractivity (Wildman–Crippen MR) is 92.7 cm³/mol. The molecule has 1 amide bonds. The first-order chi connectivity index (χ1) is 11.8. The molecule has 2 fully saturated rings. The molecule has 2 aliphatic rings. The van der Waals surface area contributed by atoms with Crippen LogP contribution >= 0.6 is 0 Å². The molecule has 0 aromatic heterocycles. The van der Waals surface area contributed by atoms with Gasteiger partial charge in [-0.05, 0) is 24.2 Å². The van der Waals surface area contributed by atoms with Gasteiger partial charge in [-0.25, -0.2) is 4.79 Å². The molecule has 0 radical (unpaired) electrons. The molecule has 4 heteroatoms. The molecule has 4 nitrogen and oxygen atoms in total. The molecular weight excluding hydrogens is 300 g/mol. The largest absolute Gasteiger partial charge is 0.441 e. The Morgan fingerprint density at radius 2 is 1.46 bits per heavy atom. The number of carbonyl (C=O) groups excluding carboxylic acids is 1. The molecule has 0 atom stereocenters. The van der Waals surface area contributed by atoms with Crippen molar-refractivity contribution in [1.82, 2.24) is 10.2 Å². The normalized spacial score (nSPS) is 19.7. The number of nitrogens with zero attached hydrogens (tertiary/aromatic N) is 1. The van der Waals surface area contributed by atoms with Gasteiger partial charge < -0.3 is 10.1 Å². The minimum absolute atomic E-state index is 0.103. The first kappa shape index (κ1) is 15.2. The number of rotatable bonds is 3.